The van der Waals surface area contributed by atoms with Crippen LogP contribution in [0.3, 0.4) is 0 Å². The first-order chi connectivity index (χ1) is 17.4. The van der Waals surface area contributed by atoms with E-state index < -0.39 is 35.8 Å². The first-order valence-corrected chi connectivity index (χ1v) is 14.1. The lowest BCUT2D eigenvalue weighted by molar-refractivity contribution is -0.304. The van der Waals surface area contributed by atoms with Crippen LogP contribution in [0.25, 0.3) is 0 Å². The Labute approximate surface area is 217 Å². The molecule has 6 aliphatic rings. The fourth-order valence-electron chi connectivity index (χ4n) is 9.57. The number of hydrogen-bond donors (Lipinski definition) is 5. The van der Waals surface area contributed by atoms with Crippen molar-refractivity contribution in [2.24, 2.45) is 28.6 Å². The van der Waals surface area contributed by atoms with Gasteiger partial charge in [0, 0.05) is 17.9 Å². The molecule has 2 heterocycles. The van der Waals surface area contributed by atoms with E-state index in [1.54, 1.807) is 6.08 Å². The van der Waals surface area contributed by atoms with Crippen molar-refractivity contribution < 1.29 is 44.5 Å². The number of carbonyl (C=O) groups excluding carboxylic acids is 1. The van der Waals surface area contributed by atoms with Gasteiger partial charge in [-0.25, -0.2) is 4.79 Å². The number of ether oxygens (including phenoxy) is 3. The van der Waals surface area contributed by atoms with E-state index in [1.165, 1.54) is 0 Å². The molecule has 4 aliphatic carbocycles. The lowest BCUT2D eigenvalue weighted by Crippen LogP contribution is -2.67. The lowest BCUT2D eigenvalue weighted by atomic mass is 9.42. The van der Waals surface area contributed by atoms with Crippen LogP contribution in [-0.4, -0.2) is 86.6 Å². The molecule has 0 bridgehead atoms. The van der Waals surface area contributed by atoms with E-state index in [0.29, 0.717) is 32.3 Å². The van der Waals surface area contributed by atoms with Crippen LogP contribution in [0.1, 0.15) is 71.6 Å². The third-order valence-electron chi connectivity index (χ3n) is 11.9. The maximum atomic E-state index is 12.3. The van der Waals surface area contributed by atoms with Crippen molar-refractivity contribution >= 4 is 5.97 Å². The van der Waals surface area contributed by atoms with Crippen LogP contribution < -0.4 is 0 Å². The molecule has 2 aliphatic heterocycles. The molecule has 37 heavy (non-hydrogen) atoms. The molecule has 9 nitrogen and oxygen atoms in total. The minimum Gasteiger partial charge on any atom is -0.458 e. The Morgan fingerprint density at radius 1 is 0.919 bits per heavy atom. The van der Waals surface area contributed by atoms with Gasteiger partial charge in [0.2, 0.25) is 0 Å². The Morgan fingerprint density at radius 2 is 1.65 bits per heavy atom. The van der Waals surface area contributed by atoms with Crippen LogP contribution in [0.5, 0.6) is 0 Å². The number of cyclic esters (lactones) is 1. The summed E-state index contributed by atoms with van der Waals surface area (Å²) in [5, 5.41) is 54.5. The number of hydrogen-bond acceptors (Lipinski definition) is 9. The van der Waals surface area contributed by atoms with Crippen molar-refractivity contribution in [1.82, 2.24) is 0 Å². The molecule has 6 rings (SSSR count). The maximum Gasteiger partial charge on any atom is 0.331 e. The molecule has 1 saturated heterocycles. The van der Waals surface area contributed by atoms with E-state index in [4.69, 9.17) is 14.2 Å². The largest absolute Gasteiger partial charge is 0.458 e. The average molecular weight is 523 g/mol. The van der Waals surface area contributed by atoms with E-state index >= 15 is 0 Å². The zero-order chi connectivity index (χ0) is 26.4. The molecule has 0 aromatic heterocycles. The number of aliphatic hydroxyl groups is 5. The summed E-state index contributed by atoms with van der Waals surface area (Å²) in [6, 6.07) is 0. The van der Waals surface area contributed by atoms with Crippen LogP contribution in [0, 0.1) is 28.6 Å². The molecule has 0 spiro atoms. The van der Waals surface area contributed by atoms with Crippen molar-refractivity contribution in [3.05, 3.63) is 11.6 Å². The fraction of sp³-hybridized carbons (Fsp3) is 0.893. The summed E-state index contributed by atoms with van der Waals surface area (Å²) in [7, 11) is 0. The highest BCUT2D eigenvalue weighted by Gasteiger charge is 2.70. The summed E-state index contributed by atoms with van der Waals surface area (Å²) in [6.07, 6.45) is 2.83. The van der Waals surface area contributed by atoms with Crippen molar-refractivity contribution in [2.75, 3.05) is 13.2 Å². The van der Waals surface area contributed by atoms with E-state index in [-0.39, 0.29) is 47.3 Å². The predicted octanol–water partition coefficient (Wildman–Crippen LogP) is 1.18. The van der Waals surface area contributed by atoms with Gasteiger partial charge in [0.25, 0.3) is 0 Å². The highest BCUT2D eigenvalue weighted by molar-refractivity contribution is 5.85. The van der Waals surface area contributed by atoms with E-state index in [1.807, 2.05) is 0 Å². The van der Waals surface area contributed by atoms with Gasteiger partial charge in [-0.15, -0.1) is 0 Å². The summed E-state index contributed by atoms with van der Waals surface area (Å²) in [4.78, 5) is 11.8. The Kier molecular flexibility index (Phi) is 6.16. The smallest absolute Gasteiger partial charge is 0.331 e. The van der Waals surface area contributed by atoms with Crippen molar-refractivity contribution in [3.8, 4) is 0 Å². The number of aliphatic hydroxyl groups excluding tert-OH is 3. The Hall–Kier alpha value is -1.07. The van der Waals surface area contributed by atoms with Gasteiger partial charge in [0.05, 0.1) is 23.9 Å². The third kappa shape index (κ3) is 3.65. The predicted molar refractivity (Wildman–Crippen MR) is 130 cm³/mol. The van der Waals surface area contributed by atoms with Crippen LogP contribution in [0.2, 0.25) is 0 Å². The Balaban J connectivity index is 1.19. The molecule has 4 saturated carbocycles. The molecule has 9 heteroatoms. The fourth-order valence-corrected chi connectivity index (χ4v) is 9.57. The normalized spacial score (nSPS) is 55.6. The van der Waals surface area contributed by atoms with Gasteiger partial charge in [0.1, 0.15) is 24.9 Å². The first kappa shape index (κ1) is 26.2. The zero-order valence-electron chi connectivity index (χ0n) is 21.8. The van der Waals surface area contributed by atoms with Gasteiger partial charge >= 0.3 is 5.97 Å². The monoisotopic (exact) mass is 522 g/mol. The van der Waals surface area contributed by atoms with Gasteiger partial charge in [-0.1, -0.05) is 13.8 Å². The summed E-state index contributed by atoms with van der Waals surface area (Å²) in [6.45, 7) is 4.59. The molecular weight excluding hydrogens is 480 g/mol. The quantitative estimate of drug-likeness (QED) is 0.272. The second kappa shape index (κ2) is 8.71. The van der Waals surface area contributed by atoms with Gasteiger partial charge in [-0.2, -0.15) is 0 Å². The molecular formula is C28H42O9. The van der Waals surface area contributed by atoms with Crippen LogP contribution in [0.4, 0.5) is 0 Å². The molecule has 5 fully saturated rings. The SMILES string of the molecule is C[C@]12CC[C@H](O[C@@H]3OC[C@@H](O)[C@H](O)[C@H]3O)C[C@@]1(O)CC[C@H]1[C@H]2CC[C@]2(C)[C@@H](C3=CC(=O)OC3)CC[C@]12O. The number of carbonyl (C=O) groups is 1. The summed E-state index contributed by atoms with van der Waals surface area (Å²) in [5.41, 5.74) is -1.49. The van der Waals surface area contributed by atoms with Crippen molar-refractivity contribution in [1.29, 1.82) is 0 Å². The van der Waals surface area contributed by atoms with Gasteiger partial charge in [0.15, 0.2) is 6.29 Å². The second-order valence-corrected chi connectivity index (χ2v) is 13.3. The van der Waals surface area contributed by atoms with Crippen LogP contribution in [-0.2, 0) is 19.0 Å². The molecule has 208 valence electrons. The Bertz CT molecular complexity index is 969. The summed E-state index contributed by atoms with van der Waals surface area (Å²) in [5.74, 6) is 0.109. The Morgan fingerprint density at radius 3 is 2.38 bits per heavy atom. The second-order valence-electron chi connectivity index (χ2n) is 13.3. The third-order valence-corrected chi connectivity index (χ3v) is 11.9. The van der Waals surface area contributed by atoms with E-state index in [2.05, 4.69) is 13.8 Å². The van der Waals surface area contributed by atoms with Gasteiger partial charge in [-0.05, 0) is 80.1 Å². The highest BCUT2D eigenvalue weighted by atomic mass is 16.7. The summed E-state index contributed by atoms with van der Waals surface area (Å²) < 4.78 is 16.7. The lowest BCUT2D eigenvalue weighted by Gasteiger charge is -2.66. The average Bonchev–Trinajstić information content (AvgIpc) is 3.40. The van der Waals surface area contributed by atoms with Crippen molar-refractivity contribution in [3.63, 3.8) is 0 Å². The first-order valence-electron chi connectivity index (χ1n) is 14.1. The number of esters is 1. The van der Waals surface area contributed by atoms with E-state index in [0.717, 1.165) is 37.7 Å². The molecule has 0 radical (unpaired) electrons. The zero-order valence-corrected chi connectivity index (χ0v) is 21.8. The molecule has 0 aromatic carbocycles. The number of fused-ring (bicyclic) bond motifs is 5. The topological polar surface area (TPSA) is 146 Å². The number of rotatable bonds is 3. The molecule has 5 N–H and O–H groups in total. The molecule has 0 unspecified atom stereocenters. The minimum absolute atomic E-state index is 0.0813. The minimum atomic E-state index is -1.35. The van der Waals surface area contributed by atoms with Gasteiger partial charge < -0.3 is 39.7 Å². The maximum absolute atomic E-state index is 12.3. The standard InChI is InChI=1S/C28H42O9/c1-25-7-3-16(37-24-23(32)22(31)20(29)14-36-24)12-27(25,33)9-5-19-18(25)4-8-26(2)17(6-10-28(19,26)34)15-11-21(30)35-13-15/h11,16-20,22-24,29,31-34H,3-10,12-14H2,1-2H3/t16-,17+,18+,19-,20+,22-,23+,24-,25+,26+,27-,28-/m0/s1. The van der Waals surface area contributed by atoms with Gasteiger partial charge in [-0.3, -0.25) is 0 Å². The highest BCUT2D eigenvalue weighted by Crippen LogP contribution is 2.70. The molecule has 12 atom stereocenters. The molecule has 0 aromatic rings. The van der Waals surface area contributed by atoms with Crippen molar-refractivity contribution in [2.45, 2.75) is 114 Å². The molecule has 0 amide bonds. The van der Waals surface area contributed by atoms with Crippen LogP contribution >= 0.6 is 0 Å². The summed E-state index contributed by atoms with van der Waals surface area (Å²) >= 11 is 0. The van der Waals surface area contributed by atoms with Crippen LogP contribution in [0.15, 0.2) is 11.6 Å². The van der Waals surface area contributed by atoms with E-state index in [9.17, 15) is 30.3 Å².